The fourth-order valence-corrected chi connectivity index (χ4v) is 3.16. The zero-order valence-electron chi connectivity index (χ0n) is 10.1. The molecular weight excluding hydrogens is 296 g/mol. The summed E-state index contributed by atoms with van der Waals surface area (Å²) in [5.74, 6) is 0. The maximum absolute atomic E-state index is 11.2. The largest absolute Gasteiger partial charge is 0.374 e. The first-order valence-corrected chi connectivity index (χ1v) is 7.06. The highest BCUT2D eigenvalue weighted by atomic mass is 79.9. The molecule has 18 heavy (non-hydrogen) atoms. The van der Waals surface area contributed by atoms with E-state index in [1.54, 1.807) is 0 Å². The number of H-pyrrole nitrogens is 2. The Balaban J connectivity index is 1.91. The van der Waals surface area contributed by atoms with Crippen LogP contribution < -0.4 is 5.69 Å². The fourth-order valence-electron chi connectivity index (χ4n) is 2.49. The van der Waals surface area contributed by atoms with Crippen LogP contribution in [0.25, 0.3) is 11.0 Å². The van der Waals surface area contributed by atoms with Crippen LogP contribution in [0.1, 0.15) is 30.2 Å². The summed E-state index contributed by atoms with van der Waals surface area (Å²) in [7, 11) is 0. The number of aromatic nitrogens is 2. The highest BCUT2D eigenvalue weighted by Crippen LogP contribution is 2.36. The second-order valence-corrected chi connectivity index (χ2v) is 5.83. The average molecular weight is 311 g/mol. The summed E-state index contributed by atoms with van der Waals surface area (Å²) >= 11 is 3.71. The van der Waals surface area contributed by atoms with Crippen LogP contribution in [0.2, 0.25) is 0 Å². The van der Waals surface area contributed by atoms with E-state index in [2.05, 4.69) is 32.8 Å². The third-order valence-electron chi connectivity index (χ3n) is 3.45. The molecule has 1 aliphatic heterocycles. The summed E-state index contributed by atoms with van der Waals surface area (Å²) in [6.45, 7) is 2.10. The first-order valence-electron chi connectivity index (χ1n) is 6.15. The molecular formula is C13H15BrN2O2. The van der Waals surface area contributed by atoms with Gasteiger partial charge in [-0.05, 0) is 37.5 Å². The molecule has 2 heterocycles. The van der Waals surface area contributed by atoms with E-state index in [9.17, 15) is 4.79 Å². The molecule has 3 unspecified atom stereocenters. The Morgan fingerprint density at radius 1 is 1.33 bits per heavy atom. The van der Waals surface area contributed by atoms with Gasteiger partial charge in [0.15, 0.2) is 0 Å². The number of hydrogen-bond acceptors (Lipinski definition) is 2. The van der Waals surface area contributed by atoms with Crippen molar-refractivity contribution in [3.63, 3.8) is 0 Å². The topological polar surface area (TPSA) is 57.9 Å². The monoisotopic (exact) mass is 310 g/mol. The van der Waals surface area contributed by atoms with Gasteiger partial charge in [0, 0.05) is 0 Å². The molecule has 0 spiro atoms. The summed E-state index contributed by atoms with van der Waals surface area (Å²) < 4.78 is 5.87. The zero-order chi connectivity index (χ0) is 12.7. The number of benzene rings is 1. The molecule has 3 atom stereocenters. The van der Waals surface area contributed by atoms with Gasteiger partial charge in [-0.2, -0.15) is 0 Å². The molecule has 2 aromatic rings. The summed E-state index contributed by atoms with van der Waals surface area (Å²) in [6, 6.07) is 5.95. The molecule has 2 N–H and O–H groups in total. The van der Waals surface area contributed by atoms with Gasteiger partial charge in [-0.25, -0.2) is 4.79 Å². The minimum Gasteiger partial charge on any atom is -0.374 e. The molecule has 1 saturated heterocycles. The predicted molar refractivity (Wildman–Crippen MR) is 74.2 cm³/mol. The van der Waals surface area contributed by atoms with Crippen LogP contribution in [0.3, 0.4) is 0 Å². The number of fused-ring (bicyclic) bond motifs is 1. The smallest absolute Gasteiger partial charge is 0.323 e. The van der Waals surface area contributed by atoms with Crippen molar-refractivity contribution in [2.45, 2.75) is 36.8 Å². The van der Waals surface area contributed by atoms with Gasteiger partial charge in [0.25, 0.3) is 0 Å². The number of ether oxygens (including phenoxy) is 1. The van der Waals surface area contributed by atoms with Gasteiger partial charge in [0.1, 0.15) is 0 Å². The molecule has 0 aliphatic carbocycles. The van der Waals surface area contributed by atoms with Crippen molar-refractivity contribution < 1.29 is 4.74 Å². The lowest BCUT2D eigenvalue weighted by molar-refractivity contribution is 0.0557. The van der Waals surface area contributed by atoms with Crippen molar-refractivity contribution in [1.82, 2.24) is 9.97 Å². The number of nitrogens with one attached hydrogen (secondary N) is 2. The first kappa shape index (κ1) is 12.0. The van der Waals surface area contributed by atoms with Crippen LogP contribution >= 0.6 is 15.9 Å². The minimum absolute atomic E-state index is 0.168. The Labute approximate surface area is 113 Å². The fraction of sp³-hybridized carbons (Fsp3) is 0.462. The Hall–Kier alpha value is -1.07. The van der Waals surface area contributed by atoms with Gasteiger partial charge in [-0.3, -0.25) is 0 Å². The van der Waals surface area contributed by atoms with Gasteiger partial charge >= 0.3 is 5.69 Å². The average Bonchev–Trinajstić information content (AvgIpc) is 2.92. The molecule has 5 heteroatoms. The van der Waals surface area contributed by atoms with E-state index in [0.29, 0.717) is 6.10 Å². The molecule has 0 saturated carbocycles. The van der Waals surface area contributed by atoms with Gasteiger partial charge in [-0.1, -0.05) is 22.0 Å². The number of aromatic amines is 2. The van der Waals surface area contributed by atoms with Crippen molar-refractivity contribution in [3.8, 4) is 0 Å². The third kappa shape index (κ3) is 2.12. The van der Waals surface area contributed by atoms with E-state index in [4.69, 9.17) is 4.74 Å². The lowest BCUT2D eigenvalue weighted by Gasteiger charge is -2.18. The van der Waals surface area contributed by atoms with Crippen LogP contribution in [0.15, 0.2) is 23.0 Å². The molecule has 1 aromatic heterocycles. The van der Waals surface area contributed by atoms with Crippen LogP contribution in [0.5, 0.6) is 0 Å². The van der Waals surface area contributed by atoms with E-state index in [1.165, 1.54) is 0 Å². The first-order chi connectivity index (χ1) is 8.63. The lowest BCUT2D eigenvalue weighted by Crippen LogP contribution is -2.14. The minimum atomic E-state index is -0.168. The van der Waals surface area contributed by atoms with Crippen LogP contribution in [-0.2, 0) is 4.74 Å². The zero-order valence-corrected chi connectivity index (χ0v) is 11.7. The SMILES string of the molecule is CC1CCC(C(Br)c2ccc3[nH]c(=O)[nH]c3c2)O1. The summed E-state index contributed by atoms with van der Waals surface area (Å²) in [4.78, 5) is 16.9. The molecule has 0 amide bonds. The highest BCUT2D eigenvalue weighted by Gasteiger charge is 2.29. The molecule has 0 bridgehead atoms. The molecule has 1 fully saturated rings. The van der Waals surface area contributed by atoms with Crippen molar-refractivity contribution in [2.75, 3.05) is 0 Å². The summed E-state index contributed by atoms with van der Waals surface area (Å²) in [5, 5.41) is 0. The van der Waals surface area contributed by atoms with E-state index in [-0.39, 0.29) is 16.6 Å². The molecule has 96 valence electrons. The third-order valence-corrected chi connectivity index (χ3v) is 4.57. The van der Waals surface area contributed by atoms with Crippen LogP contribution in [-0.4, -0.2) is 22.2 Å². The summed E-state index contributed by atoms with van der Waals surface area (Å²) in [6.07, 6.45) is 2.73. The van der Waals surface area contributed by atoms with E-state index in [1.807, 2.05) is 18.2 Å². The van der Waals surface area contributed by atoms with Gasteiger partial charge in [0.05, 0.1) is 28.1 Å². The summed E-state index contributed by atoms with van der Waals surface area (Å²) in [5.41, 5.74) is 2.65. The van der Waals surface area contributed by atoms with Gasteiger partial charge < -0.3 is 14.7 Å². The Morgan fingerprint density at radius 2 is 2.11 bits per heavy atom. The quantitative estimate of drug-likeness (QED) is 0.838. The number of alkyl halides is 1. The Bertz CT molecular complexity index is 619. The lowest BCUT2D eigenvalue weighted by atomic mass is 10.0. The van der Waals surface area contributed by atoms with E-state index < -0.39 is 0 Å². The number of imidazole rings is 1. The van der Waals surface area contributed by atoms with Crippen molar-refractivity contribution >= 4 is 27.0 Å². The Morgan fingerprint density at radius 3 is 2.83 bits per heavy atom. The maximum Gasteiger partial charge on any atom is 0.323 e. The number of halogens is 1. The van der Waals surface area contributed by atoms with Gasteiger partial charge in [0.2, 0.25) is 0 Å². The molecule has 4 nitrogen and oxygen atoms in total. The maximum atomic E-state index is 11.2. The number of rotatable bonds is 2. The predicted octanol–water partition coefficient (Wildman–Crippen LogP) is 2.86. The van der Waals surface area contributed by atoms with Gasteiger partial charge in [-0.15, -0.1) is 0 Å². The molecule has 3 rings (SSSR count). The van der Waals surface area contributed by atoms with Crippen molar-refractivity contribution in [1.29, 1.82) is 0 Å². The molecule has 0 radical (unpaired) electrons. The molecule has 1 aromatic carbocycles. The van der Waals surface area contributed by atoms with Crippen molar-refractivity contribution in [2.24, 2.45) is 0 Å². The van der Waals surface area contributed by atoms with E-state index >= 15 is 0 Å². The highest BCUT2D eigenvalue weighted by molar-refractivity contribution is 9.09. The second-order valence-electron chi connectivity index (χ2n) is 4.85. The van der Waals surface area contributed by atoms with Crippen LogP contribution in [0.4, 0.5) is 0 Å². The molecule has 1 aliphatic rings. The van der Waals surface area contributed by atoms with Crippen LogP contribution in [0, 0.1) is 0 Å². The van der Waals surface area contributed by atoms with E-state index in [0.717, 1.165) is 29.4 Å². The number of hydrogen-bond donors (Lipinski definition) is 2. The Kier molecular flexibility index (Phi) is 3.03. The normalized spacial score (nSPS) is 25.7. The standard InChI is InChI=1S/C13H15BrN2O2/c1-7-2-5-11(18-7)12(14)8-3-4-9-10(6-8)16-13(17)15-9/h3-4,6-7,11-12H,2,5H2,1H3,(H2,15,16,17). The van der Waals surface area contributed by atoms with Crippen molar-refractivity contribution in [3.05, 3.63) is 34.2 Å². The second kappa shape index (κ2) is 4.55.